The molecule has 0 spiro atoms. The van der Waals surface area contributed by atoms with Crippen LogP contribution in [0.1, 0.15) is 123 Å². The van der Waals surface area contributed by atoms with Crippen LogP contribution in [0.25, 0.3) is 0 Å². The number of carbonyl (C=O) groups excluding carboxylic acids is 8. The van der Waals surface area contributed by atoms with E-state index in [1.165, 1.54) is 0 Å². The summed E-state index contributed by atoms with van der Waals surface area (Å²) in [5.74, 6) is 0. The fraction of sp³-hybridized carbons (Fsp3) is 0.300. The Morgan fingerprint density at radius 3 is 0.423 bits per heavy atom. The number of amides is 8. The highest BCUT2D eigenvalue weighted by atomic mass is 16.6. The van der Waals surface area contributed by atoms with Crippen LogP contribution in [0.4, 0.5) is 83.9 Å². The Bertz CT molecular complexity index is 3720. The van der Waals surface area contributed by atoms with Crippen LogP contribution >= 0.6 is 0 Å². The lowest BCUT2D eigenvalue weighted by atomic mass is 10.0. The summed E-state index contributed by atoms with van der Waals surface area (Å²) >= 11 is 0. The third kappa shape index (κ3) is 30.4. The van der Waals surface area contributed by atoms with Gasteiger partial charge in [0.15, 0.2) is 0 Å². The van der Waals surface area contributed by atoms with Crippen molar-refractivity contribution >= 4 is 94.2 Å². The monoisotopic (exact) mass is 1420 g/mol. The standard InChI is InChI=1S/C80H90N8O16/c1-3-5-45-97-73(89)81-65-29-13-57(14-30-65)53-59-17-33-67(34-18-59)83-75(91)99-47-7-9-49-101-77(93)85-69-37-21-61(22-38-69)55-63-25-41-71(42-26-63)87-79(95)103-51-11-12-52-104-80(96)88-72-43-27-64(28-44-72)56-62-23-39-70(40-24-62)86-78(94)102-50-10-8-48-100-76(92)84-68-35-19-60(20-36-68)54-58-15-31-66(32-16-58)82-74(90)98-46-6-4-2/h13-44H,3-12,45-56H2,1-2H3,(H,81,89)(H,82,90)(H,83,91)(H,84,92)(H,85,93)(H,86,94)(H,87,95)(H,88,96). The molecule has 24 nitrogen and oxygen atoms in total. The first kappa shape index (κ1) is 77.7. The predicted octanol–water partition coefficient (Wildman–Crippen LogP) is 18.5. The highest BCUT2D eigenvalue weighted by Crippen LogP contribution is 2.22. The van der Waals surface area contributed by atoms with Crippen molar-refractivity contribution in [1.82, 2.24) is 0 Å². The van der Waals surface area contributed by atoms with Gasteiger partial charge in [0.1, 0.15) is 0 Å². The molecule has 0 saturated carbocycles. The Kier molecular flexibility index (Phi) is 32.5. The number of unbranched alkanes of at least 4 members (excludes halogenated alkanes) is 5. The van der Waals surface area contributed by atoms with Gasteiger partial charge in [0.25, 0.3) is 0 Å². The highest BCUT2D eigenvalue weighted by Gasteiger charge is 2.13. The summed E-state index contributed by atoms with van der Waals surface area (Å²) in [5.41, 5.74) is 13.0. The third-order valence-electron chi connectivity index (χ3n) is 15.7. The topological polar surface area (TPSA) is 307 Å². The van der Waals surface area contributed by atoms with Crippen LogP contribution in [0.3, 0.4) is 0 Å². The second-order valence-corrected chi connectivity index (χ2v) is 24.2. The molecule has 8 N–H and O–H groups in total. The number of nitrogens with one attached hydrogen (secondary N) is 8. The lowest BCUT2D eigenvalue weighted by Gasteiger charge is -2.10. The molecule has 546 valence electrons. The Morgan fingerprint density at radius 2 is 0.308 bits per heavy atom. The van der Waals surface area contributed by atoms with Crippen molar-refractivity contribution in [2.75, 3.05) is 95.4 Å². The molecule has 8 amide bonds. The molecule has 0 saturated heterocycles. The molecule has 0 fully saturated rings. The summed E-state index contributed by atoms with van der Waals surface area (Å²) in [6, 6.07) is 59.4. The van der Waals surface area contributed by atoms with Crippen molar-refractivity contribution in [3.8, 4) is 0 Å². The van der Waals surface area contributed by atoms with Crippen molar-refractivity contribution in [3.63, 3.8) is 0 Å². The summed E-state index contributed by atoms with van der Waals surface area (Å²) in [6.07, 6.45) is 4.52. The van der Waals surface area contributed by atoms with E-state index in [1.807, 2.05) is 135 Å². The first-order valence-electron chi connectivity index (χ1n) is 34.9. The van der Waals surface area contributed by atoms with Gasteiger partial charge in [-0.25, -0.2) is 38.4 Å². The first-order valence-corrected chi connectivity index (χ1v) is 34.9. The van der Waals surface area contributed by atoms with Gasteiger partial charge < -0.3 is 37.9 Å². The van der Waals surface area contributed by atoms with E-state index in [9.17, 15) is 38.4 Å². The van der Waals surface area contributed by atoms with Crippen LogP contribution in [-0.4, -0.2) is 102 Å². The van der Waals surface area contributed by atoms with Gasteiger partial charge in [-0.1, -0.05) is 124 Å². The Morgan fingerprint density at radius 1 is 0.192 bits per heavy atom. The van der Waals surface area contributed by atoms with Crippen LogP contribution in [0.2, 0.25) is 0 Å². The van der Waals surface area contributed by atoms with Gasteiger partial charge in [-0.05, 0) is 219 Å². The zero-order valence-corrected chi connectivity index (χ0v) is 58.6. The molecular weight excluding hydrogens is 1330 g/mol. The number of hydrogen-bond donors (Lipinski definition) is 8. The molecule has 0 aliphatic heterocycles. The third-order valence-corrected chi connectivity index (χ3v) is 15.7. The van der Waals surface area contributed by atoms with E-state index < -0.39 is 48.7 Å². The van der Waals surface area contributed by atoms with Crippen molar-refractivity contribution in [1.29, 1.82) is 0 Å². The number of benzene rings is 8. The molecule has 0 unspecified atom stereocenters. The Hall–Kier alpha value is -12.1. The zero-order valence-electron chi connectivity index (χ0n) is 58.6. The summed E-state index contributed by atoms with van der Waals surface area (Å²) in [6.45, 7) is 5.69. The minimum Gasteiger partial charge on any atom is -0.449 e. The molecule has 0 atom stereocenters. The van der Waals surface area contributed by atoms with Crippen LogP contribution in [0.5, 0.6) is 0 Å². The van der Waals surface area contributed by atoms with E-state index in [4.69, 9.17) is 37.9 Å². The molecule has 0 heterocycles. The van der Waals surface area contributed by atoms with Crippen LogP contribution in [0.15, 0.2) is 194 Å². The highest BCUT2D eigenvalue weighted by molar-refractivity contribution is 5.88. The van der Waals surface area contributed by atoms with Gasteiger partial charge in [0.05, 0.1) is 52.9 Å². The van der Waals surface area contributed by atoms with E-state index in [-0.39, 0.29) is 39.6 Å². The van der Waals surface area contributed by atoms with Crippen molar-refractivity contribution < 1.29 is 76.3 Å². The molecule has 0 radical (unpaired) electrons. The second-order valence-electron chi connectivity index (χ2n) is 24.2. The number of rotatable bonds is 37. The van der Waals surface area contributed by atoms with E-state index in [1.54, 1.807) is 72.8 Å². The smallest absolute Gasteiger partial charge is 0.411 e. The molecule has 8 aromatic carbocycles. The van der Waals surface area contributed by atoms with Gasteiger partial charge in [-0.2, -0.15) is 0 Å². The maximum atomic E-state index is 12.5. The van der Waals surface area contributed by atoms with Gasteiger partial charge in [-0.15, -0.1) is 0 Å². The molecule has 0 bridgehead atoms. The maximum absolute atomic E-state index is 12.5. The van der Waals surface area contributed by atoms with E-state index in [0.717, 1.165) is 70.2 Å². The van der Waals surface area contributed by atoms with Crippen molar-refractivity contribution in [2.24, 2.45) is 0 Å². The van der Waals surface area contributed by atoms with Crippen molar-refractivity contribution in [3.05, 3.63) is 239 Å². The lowest BCUT2D eigenvalue weighted by molar-refractivity contribution is 0.143. The summed E-state index contributed by atoms with van der Waals surface area (Å²) < 4.78 is 42.2. The maximum Gasteiger partial charge on any atom is 0.411 e. The summed E-state index contributed by atoms with van der Waals surface area (Å²) in [7, 11) is 0. The number of anilines is 8. The van der Waals surface area contributed by atoms with E-state index in [2.05, 4.69) is 42.5 Å². The molecular formula is C80H90N8O16. The molecule has 8 rings (SSSR count). The average Bonchev–Trinajstić information content (AvgIpc) is 0.891. The van der Waals surface area contributed by atoms with Crippen molar-refractivity contribution in [2.45, 2.75) is 104 Å². The lowest BCUT2D eigenvalue weighted by Crippen LogP contribution is -2.16. The first-order chi connectivity index (χ1) is 50.7. The van der Waals surface area contributed by atoms with Gasteiger partial charge in [0, 0.05) is 45.5 Å². The number of carbonyl (C=O) groups is 8. The van der Waals surface area contributed by atoms with Gasteiger partial charge in [-0.3, -0.25) is 42.5 Å². The molecule has 0 aromatic heterocycles. The van der Waals surface area contributed by atoms with Crippen LogP contribution in [0, 0.1) is 0 Å². The fourth-order valence-corrected chi connectivity index (χ4v) is 10.0. The van der Waals surface area contributed by atoms with E-state index >= 15 is 0 Å². The van der Waals surface area contributed by atoms with Gasteiger partial charge >= 0.3 is 48.7 Å². The molecule has 0 aliphatic rings. The number of ether oxygens (including phenoxy) is 8. The molecule has 24 heteroatoms. The molecule has 0 aliphatic carbocycles. The quantitative estimate of drug-likeness (QED) is 0.0133. The summed E-state index contributed by atoms with van der Waals surface area (Å²) in [4.78, 5) is 98.4. The van der Waals surface area contributed by atoms with E-state index in [0.29, 0.717) is 123 Å². The van der Waals surface area contributed by atoms with Crippen LogP contribution < -0.4 is 42.5 Å². The zero-order chi connectivity index (χ0) is 73.4. The van der Waals surface area contributed by atoms with Gasteiger partial charge in [0.2, 0.25) is 0 Å². The Balaban J connectivity index is 0.588. The molecule has 104 heavy (non-hydrogen) atoms. The fourth-order valence-electron chi connectivity index (χ4n) is 10.0. The largest absolute Gasteiger partial charge is 0.449 e. The minimum atomic E-state index is -0.606. The van der Waals surface area contributed by atoms with Crippen LogP contribution in [-0.2, 0) is 63.6 Å². The second kappa shape index (κ2) is 43.6. The summed E-state index contributed by atoms with van der Waals surface area (Å²) in [5, 5.41) is 21.8. The SMILES string of the molecule is CCCCOC(=O)Nc1ccc(Cc2ccc(NC(=O)OCCCCOC(=O)Nc3ccc(Cc4ccc(NC(=O)OCCCCOC(=O)Nc5ccc(Cc6ccc(NC(=O)OCCCCOC(=O)Nc7ccc(Cc8ccc(NC(=O)OCCCC)cc8)cc7)cc6)cc5)cc4)cc3)cc2)cc1. The molecule has 8 aromatic rings. The average molecular weight is 1420 g/mol. The minimum absolute atomic E-state index is 0.130. The normalized spacial score (nSPS) is 10.6. The Labute approximate surface area is 605 Å². The predicted molar refractivity (Wildman–Crippen MR) is 400 cm³/mol. The number of hydrogen-bond acceptors (Lipinski definition) is 16.